The lowest BCUT2D eigenvalue weighted by Gasteiger charge is -2.13. The molecule has 0 aliphatic heterocycles. The molecule has 0 unspecified atom stereocenters. The Labute approximate surface area is 117 Å². The van der Waals surface area contributed by atoms with E-state index in [2.05, 4.69) is 5.10 Å². The van der Waals surface area contributed by atoms with Crippen molar-refractivity contribution in [1.29, 1.82) is 5.26 Å². The van der Waals surface area contributed by atoms with Gasteiger partial charge in [0.2, 0.25) is 0 Å². The predicted molar refractivity (Wildman–Crippen MR) is 75.7 cm³/mol. The fraction of sp³-hybridized carbons (Fsp3) is 0.267. The molecule has 2 aromatic rings. The minimum Gasteiger partial charge on any atom is -0.496 e. The molecule has 0 atom stereocenters. The lowest BCUT2D eigenvalue weighted by atomic mass is 9.97. The molecule has 2 rings (SSSR count). The van der Waals surface area contributed by atoms with Crippen LogP contribution in [0.2, 0.25) is 0 Å². The van der Waals surface area contributed by atoms with E-state index in [1.165, 1.54) is 10.7 Å². The second-order valence-electron chi connectivity index (χ2n) is 4.55. The maximum absolute atomic E-state index is 11.6. The summed E-state index contributed by atoms with van der Waals surface area (Å²) in [5.74, 6) is 0.787. The number of ether oxygens (including phenoxy) is 1. The van der Waals surface area contributed by atoms with Crippen molar-refractivity contribution in [3.05, 3.63) is 45.2 Å². The smallest absolute Gasteiger partial charge is 0.267 e. The summed E-state index contributed by atoms with van der Waals surface area (Å²) in [7, 11) is 3.19. The van der Waals surface area contributed by atoms with E-state index < -0.39 is 0 Å². The predicted octanol–water partition coefficient (Wildman–Crippen LogP) is 1.94. The Morgan fingerprint density at radius 3 is 2.60 bits per heavy atom. The highest BCUT2D eigenvalue weighted by Gasteiger charge is 2.14. The van der Waals surface area contributed by atoms with Crippen LogP contribution in [0, 0.1) is 25.2 Å². The highest BCUT2D eigenvalue weighted by Crippen LogP contribution is 2.30. The van der Waals surface area contributed by atoms with Gasteiger partial charge in [0.1, 0.15) is 17.5 Å². The number of hydrogen-bond donors (Lipinski definition) is 0. The lowest BCUT2D eigenvalue weighted by molar-refractivity contribution is 0.411. The molecule has 0 aliphatic carbocycles. The third kappa shape index (κ3) is 2.16. The van der Waals surface area contributed by atoms with Gasteiger partial charge >= 0.3 is 0 Å². The van der Waals surface area contributed by atoms with E-state index in [1.807, 2.05) is 32.0 Å². The maximum atomic E-state index is 11.6. The Kier molecular flexibility index (Phi) is 3.57. The SMILES string of the molecule is COc1ccc(-c2nn(C)c(=O)cc2C#N)c(C)c1C. The summed E-state index contributed by atoms with van der Waals surface area (Å²) in [5.41, 5.74) is 3.29. The Morgan fingerprint density at radius 1 is 1.30 bits per heavy atom. The molecule has 0 saturated carbocycles. The number of benzene rings is 1. The van der Waals surface area contributed by atoms with Crippen molar-refractivity contribution in [1.82, 2.24) is 9.78 Å². The highest BCUT2D eigenvalue weighted by atomic mass is 16.5. The maximum Gasteiger partial charge on any atom is 0.267 e. The van der Waals surface area contributed by atoms with Crippen molar-refractivity contribution in [2.75, 3.05) is 7.11 Å². The van der Waals surface area contributed by atoms with Gasteiger partial charge in [0.15, 0.2) is 0 Å². The minimum absolute atomic E-state index is 0.278. The molecule has 0 fully saturated rings. The van der Waals surface area contributed by atoms with Crippen LogP contribution in [0.4, 0.5) is 0 Å². The Hall–Kier alpha value is -2.61. The zero-order valence-corrected chi connectivity index (χ0v) is 11.9. The number of methoxy groups -OCH3 is 1. The average molecular weight is 269 g/mol. The van der Waals surface area contributed by atoms with E-state index >= 15 is 0 Å². The van der Waals surface area contributed by atoms with Gasteiger partial charge in [0.05, 0.1) is 12.7 Å². The molecule has 0 N–H and O–H groups in total. The van der Waals surface area contributed by atoms with Crippen molar-refractivity contribution in [2.45, 2.75) is 13.8 Å². The topological polar surface area (TPSA) is 67.9 Å². The number of aryl methyl sites for hydroxylation is 1. The molecule has 0 aliphatic rings. The number of nitriles is 1. The Balaban J connectivity index is 2.76. The molecular weight excluding hydrogens is 254 g/mol. The molecule has 1 aromatic carbocycles. The Bertz CT molecular complexity index is 770. The first-order valence-corrected chi connectivity index (χ1v) is 6.12. The van der Waals surface area contributed by atoms with Gasteiger partial charge in [-0.1, -0.05) is 0 Å². The second-order valence-corrected chi connectivity index (χ2v) is 4.55. The molecule has 20 heavy (non-hydrogen) atoms. The van der Waals surface area contributed by atoms with E-state index in [-0.39, 0.29) is 11.1 Å². The van der Waals surface area contributed by atoms with Crippen LogP contribution < -0.4 is 10.3 Å². The minimum atomic E-state index is -0.298. The molecule has 0 amide bonds. The molecule has 5 heteroatoms. The highest BCUT2D eigenvalue weighted by molar-refractivity contribution is 5.71. The van der Waals surface area contributed by atoms with E-state index in [0.717, 1.165) is 22.4 Å². The van der Waals surface area contributed by atoms with Gasteiger partial charge in [-0.15, -0.1) is 0 Å². The zero-order valence-electron chi connectivity index (χ0n) is 11.9. The van der Waals surface area contributed by atoms with Crippen molar-refractivity contribution < 1.29 is 4.74 Å². The summed E-state index contributed by atoms with van der Waals surface area (Å²) in [6.45, 7) is 3.90. The standard InChI is InChI=1S/C15H15N3O2/c1-9-10(2)13(20-4)6-5-12(9)15-11(8-16)7-14(19)18(3)17-15/h5-7H,1-4H3. The van der Waals surface area contributed by atoms with E-state index in [0.29, 0.717) is 5.69 Å². The summed E-state index contributed by atoms with van der Waals surface area (Å²) in [6, 6.07) is 7.03. The van der Waals surface area contributed by atoms with Crippen molar-refractivity contribution in [3.63, 3.8) is 0 Å². The normalized spacial score (nSPS) is 10.2. The molecular formula is C15H15N3O2. The third-order valence-corrected chi connectivity index (χ3v) is 3.42. The number of rotatable bonds is 2. The summed E-state index contributed by atoms with van der Waals surface area (Å²) in [4.78, 5) is 11.6. The van der Waals surface area contributed by atoms with Crippen LogP contribution in [0.3, 0.4) is 0 Å². The molecule has 0 bridgehead atoms. The van der Waals surface area contributed by atoms with Gasteiger partial charge in [0, 0.05) is 18.7 Å². The van der Waals surface area contributed by atoms with Crippen molar-refractivity contribution >= 4 is 0 Å². The van der Waals surface area contributed by atoms with Gasteiger partial charge in [-0.25, -0.2) is 4.68 Å². The number of aromatic nitrogens is 2. The fourth-order valence-corrected chi connectivity index (χ4v) is 2.10. The molecule has 5 nitrogen and oxygen atoms in total. The fourth-order valence-electron chi connectivity index (χ4n) is 2.10. The first kappa shape index (κ1) is 13.8. The van der Waals surface area contributed by atoms with E-state index in [9.17, 15) is 10.1 Å². The van der Waals surface area contributed by atoms with Crippen LogP contribution in [0.5, 0.6) is 5.75 Å². The van der Waals surface area contributed by atoms with Gasteiger partial charge < -0.3 is 4.74 Å². The summed E-state index contributed by atoms with van der Waals surface area (Å²) in [5, 5.41) is 13.4. The summed E-state index contributed by atoms with van der Waals surface area (Å²) in [6.07, 6.45) is 0. The average Bonchev–Trinajstić information content (AvgIpc) is 2.44. The van der Waals surface area contributed by atoms with Crippen LogP contribution in [0.25, 0.3) is 11.3 Å². The number of nitrogens with zero attached hydrogens (tertiary/aromatic N) is 3. The van der Waals surface area contributed by atoms with Crippen LogP contribution in [0.1, 0.15) is 16.7 Å². The molecule has 102 valence electrons. The van der Waals surface area contributed by atoms with Gasteiger partial charge in [0.25, 0.3) is 5.56 Å². The van der Waals surface area contributed by atoms with Crippen LogP contribution in [0.15, 0.2) is 23.0 Å². The first-order valence-electron chi connectivity index (χ1n) is 6.12. The van der Waals surface area contributed by atoms with Gasteiger partial charge in [-0.2, -0.15) is 10.4 Å². The van der Waals surface area contributed by atoms with Gasteiger partial charge in [-0.3, -0.25) is 4.79 Å². The molecule has 0 saturated heterocycles. The quantitative estimate of drug-likeness (QED) is 0.835. The third-order valence-electron chi connectivity index (χ3n) is 3.42. The first-order chi connectivity index (χ1) is 9.49. The van der Waals surface area contributed by atoms with Crippen molar-refractivity contribution in [3.8, 4) is 23.1 Å². The molecule has 0 spiro atoms. The van der Waals surface area contributed by atoms with Gasteiger partial charge in [-0.05, 0) is 37.1 Å². The van der Waals surface area contributed by atoms with E-state index in [4.69, 9.17) is 4.74 Å². The molecule has 0 radical (unpaired) electrons. The largest absolute Gasteiger partial charge is 0.496 e. The summed E-state index contributed by atoms with van der Waals surface area (Å²) >= 11 is 0. The van der Waals surface area contributed by atoms with E-state index in [1.54, 1.807) is 14.2 Å². The zero-order chi connectivity index (χ0) is 14.9. The Morgan fingerprint density at radius 2 is 2.00 bits per heavy atom. The molecule has 1 heterocycles. The van der Waals surface area contributed by atoms with Crippen LogP contribution >= 0.6 is 0 Å². The van der Waals surface area contributed by atoms with Crippen molar-refractivity contribution in [2.24, 2.45) is 7.05 Å². The summed E-state index contributed by atoms with van der Waals surface area (Å²) < 4.78 is 6.51. The second kappa shape index (κ2) is 5.17. The van der Waals surface area contributed by atoms with Crippen LogP contribution in [-0.2, 0) is 7.05 Å². The lowest BCUT2D eigenvalue weighted by Crippen LogP contribution is -2.20. The van der Waals surface area contributed by atoms with Crippen LogP contribution in [-0.4, -0.2) is 16.9 Å². The molecule has 1 aromatic heterocycles. The number of hydrogen-bond acceptors (Lipinski definition) is 4. The monoisotopic (exact) mass is 269 g/mol.